The Balaban J connectivity index is 0.00000267. The summed E-state index contributed by atoms with van der Waals surface area (Å²) >= 11 is 6.68. The molecule has 1 aliphatic carbocycles. The lowest BCUT2D eigenvalue weighted by Crippen LogP contribution is -2.29. The maximum Gasteiger partial charge on any atom is 0.165 e. The average Bonchev–Trinajstić information content (AvgIpc) is 3.52. The summed E-state index contributed by atoms with van der Waals surface area (Å²) in [7, 11) is 1.63. The van der Waals surface area contributed by atoms with Gasteiger partial charge in [-0.15, -0.1) is 12.4 Å². The van der Waals surface area contributed by atoms with Gasteiger partial charge in [0.1, 0.15) is 11.6 Å². The molecule has 0 bridgehead atoms. The molecular weight excluding hydrogens is 497 g/mol. The van der Waals surface area contributed by atoms with Crippen molar-refractivity contribution < 1.29 is 9.47 Å². The number of nitrogens with zero attached hydrogens (tertiary/aromatic N) is 5. The highest BCUT2D eigenvalue weighted by Gasteiger charge is 2.35. The van der Waals surface area contributed by atoms with Gasteiger partial charge in [-0.2, -0.15) is 14.9 Å². The fraction of sp³-hybridized carbons (Fsp3) is 0.296. The monoisotopic (exact) mass is 521 g/mol. The van der Waals surface area contributed by atoms with Gasteiger partial charge in [-0.1, -0.05) is 23.7 Å². The summed E-state index contributed by atoms with van der Waals surface area (Å²) in [5.41, 5.74) is 7.29. The van der Waals surface area contributed by atoms with Crippen LogP contribution >= 0.6 is 24.0 Å². The van der Waals surface area contributed by atoms with E-state index >= 15 is 0 Å². The molecular formula is C27H25Cl2N5O2. The molecule has 4 aromatic rings. The Morgan fingerprint density at radius 3 is 2.64 bits per heavy atom. The van der Waals surface area contributed by atoms with Crippen LogP contribution < -0.4 is 9.64 Å². The van der Waals surface area contributed by atoms with Gasteiger partial charge >= 0.3 is 0 Å². The first-order valence-electron chi connectivity index (χ1n) is 11.7. The Labute approximate surface area is 220 Å². The SMILES string of the molecule is COc1ccc(-c2c(C)nn3c(N(Cc4ccc(C#N)cc4)C4CC4)c4c(nc23)COC4)c(Cl)c1.Cl. The zero-order valence-electron chi connectivity index (χ0n) is 20.0. The number of nitriles is 1. The molecule has 0 amide bonds. The summed E-state index contributed by atoms with van der Waals surface area (Å²) < 4.78 is 13.2. The van der Waals surface area contributed by atoms with Gasteiger partial charge in [0.15, 0.2) is 5.65 Å². The number of fused-ring (bicyclic) bond motifs is 2. The standard InChI is InChI=1S/C27H24ClN5O2.ClH/c1-16-25(21-10-9-20(34-2)11-23(21)28)26-30-24-15-35-14-22(24)27(33(26)31-16)32(19-7-8-19)13-18-5-3-17(12-29)4-6-18;/h3-6,9-11,19H,7-8,13-15H2,1-2H3;1H. The van der Waals surface area contributed by atoms with E-state index in [9.17, 15) is 5.26 Å². The van der Waals surface area contributed by atoms with Crippen molar-refractivity contribution in [1.29, 1.82) is 5.26 Å². The highest BCUT2D eigenvalue weighted by Crippen LogP contribution is 2.41. The first-order valence-corrected chi connectivity index (χ1v) is 12.0. The topological polar surface area (TPSA) is 75.7 Å². The van der Waals surface area contributed by atoms with Crippen molar-refractivity contribution in [3.05, 3.63) is 75.6 Å². The Morgan fingerprint density at radius 1 is 1.19 bits per heavy atom. The van der Waals surface area contributed by atoms with E-state index in [2.05, 4.69) is 11.0 Å². The highest BCUT2D eigenvalue weighted by molar-refractivity contribution is 6.33. The second-order valence-corrected chi connectivity index (χ2v) is 9.47. The van der Waals surface area contributed by atoms with Gasteiger partial charge in [0, 0.05) is 23.7 Å². The van der Waals surface area contributed by atoms with Gasteiger partial charge in [0.25, 0.3) is 0 Å². The molecule has 7 nitrogen and oxygen atoms in total. The highest BCUT2D eigenvalue weighted by atomic mass is 35.5. The van der Waals surface area contributed by atoms with E-state index in [-0.39, 0.29) is 12.4 Å². The van der Waals surface area contributed by atoms with E-state index < -0.39 is 0 Å². The molecule has 1 fully saturated rings. The zero-order valence-corrected chi connectivity index (χ0v) is 21.6. The van der Waals surface area contributed by atoms with Crippen LogP contribution in [-0.2, 0) is 24.5 Å². The second kappa shape index (κ2) is 9.62. The summed E-state index contributed by atoms with van der Waals surface area (Å²) in [5, 5.41) is 14.7. The molecule has 3 heterocycles. The Bertz CT molecular complexity index is 1490. The predicted octanol–water partition coefficient (Wildman–Crippen LogP) is 5.86. The molecule has 0 spiro atoms. The lowest BCUT2D eigenvalue weighted by Gasteiger charge is -2.27. The number of aromatic nitrogens is 3. The smallest absolute Gasteiger partial charge is 0.165 e. The molecule has 1 aliphatic heterocycles. The van der Waals surface area contributed by atoms with Crippen LogP contribution in [0.1, 0.15) is 40.9 Å². The fourth-order valence-corrected chi connectivity index (χ4v) is 5.08. The molecule has 0 unspecified atom stereocenters. The largest absolute Gasteiger partial charge is 0.497 e. The lowest BCUT2D eigenvalue weighted by molar-refractivity contribution is 0.133. The minimum absolute atomic E-state index is 0. The number of anilines is 1. The summed E-state index contributed by atoms with van der Waals surface area (Å²) in [6.45, 7) is 3.72. The summed E-state index contributed by atoms with van der Waals surface area (Å²) in [6, 6.07) is 16.1. The van der Waals surface area contributed by atoms with Gasteiger partial charge in [-0.3, -0.25) is 0 Å². The molecule has 184 valence electrons. The van der Waals surface area contributed by atoms with Crippen LogP contribution in [0.2, 0.25) is 5.02 Å². The third-order valence-corrected chi connectivity index (χ3v) is 7.03. The Kier molecular flexibility index (Phi) is 6.52. The fourth-order valence-electron chi connectivity index (χ4n) is 4.82. The van der Waals surface area contributed by atoms with Crippen LogP contribution in [0.4, 0.5) is 5.82 Å². The third-order valence-electron chi connectivity index (χ3n) is 6.72. The molecule has 2 aromatic carbocycles. The molecule has 0 saturated heterocycles. The molecule has 0 atom stereocenters. The first-order chi connectivity index (χ1) is 17.1. The van der Waals surface area contributed by atoms with Gasteiger partial charge in [0.2, 0.25) is 0 Å². The molecule has 9 heteroatoms. The van der Waals surface area contributed by atoms with E-state index in [0.717, 1.165) is 64.5 Å². The van der Waals surface area contributed by atoms with Gasteiger partial charge in [-0.25, -0.2) is 4.98 Å². The van der Waals surface area contributed by atoms with Crippen LogP contribution in [0.5, 0.6) is 5.75 Å². The van der Waals surface area contributed by atoms with E-state index in [1.807, 2.05) is 53.9 Å². The van der Waals surface area contributed by atoms with Crippen LogP contribution in [0.3, 0.4) is 0 Å². The van der Waals surface area contributed by atoms with Crippen LogP contribution in [0.25, 0.3) is 16.8 Å². The van der Waals surface area contributed by atoms with Crippen molar-refractivity contribution in [2.75, 3.05) is 12.0 Å². The van der Waals surface area contributed by atoms with E-state index in [1.165, 1.54) is 0 Å². The third kappa shape index (κ3) is 4.16. The Morgan fingerprint density at radius 2 is 1.97 bits per heavy atom. The van der Waals surface area contributed by atoms with Gasteiger partial charge in [-0.05, 0) is 55.7 Å². The maximum absolute atomic E-state index is 9.17. The lowest BCUT2D eigenvalue weighted by atomic mass is 10.1. The quantitative estimate of drug-likeness (QED) is 0.316. The first kappa shape index (κ1) is 24.4. The maximum atomic E-state index is 9.17. The van der Waals surface area contributed by atoms with Crippen molar-refractivity contribution in [2.24, 2.45) is 0 Å². The number of ether oxygens (including phenoxy) is 2. The number of methoxy groups -OCH3 is 1. The minimum Gasteiger partial charge on any atom is -0.497 e. The van der Waals surface area contributed by atoms with Crippen LogP contribution in [0.15, 0.2) is 42.5 Å². The van der Waals surface area contributed by atoms with E-state index in [1.54, 1.807) is 7.11 Å². The van der Waals surface area contributed by atoms with Gasteiger partial charge < -0.3 is 14.4 Å². The summed E-state index contributed by atoms with van der Waals surface area (Å²) in [4.78, 5) is 7.44. The number of rotatable bonds is 6. The van der Waals surface area contributed by atoms with Crippen molar-refractivity contribution in [3.63, 3.8) is 0 Å². The summed E-state index contributed by atoms with van der Waals surface area (Å²) in [5.74, 6) is 1.74. The molecule has 6 rings (SSSR count). The molecule has 2 aliphatic rings. The minimum atomic E-state index is 0. The van der Waals surface area contributed by atoms with E-state index in [4.69, 9.17) is 31.2 Å². The van der Waals surface area contributed by atoms with Crippen molar-refractivity contribution in [1.82, 2.24) is 14.6 Å². The van der Waals surface area contributed by atoms with Crippen molar-refractivity contribution in [2.45, 2.75) is 45.6 Å². The predicted molar refractivity (Wildman–Crippen MR) is 141 cm³/mol. The molecule has 0 radical (unpaired) electrons. The number of halogens is 2. The van der Waals surface area contributed by atoms with Crippen molar-refractivity contribution in [3.8, 4) is 22.9 Å². The molecule has 0 N–H and O–H groups in total. The summed E-state index contributed by atoms with van der Waals surface area (Å²) in [6.07, 6.45) is 2.26. The van der Waals surface area contributed by atoms with Crippen molar-refractivity contribution >= 4 is 35.5 Å². The van der Waals surface area contributed by atoms with Gasteiger partial charge in [0.05, 0.1) is 53.9 Å². The molecule has 1 saturated carbocycles. The zero-order chi connectivity index (χ0) is 24.1. The molecule has 36 heavy (non-hydrogen) atoms. The van der Waals surface area contributed by atoms with E-state index in [0.29, 0.717) is 35.6 Å². The Hall–Kier alpha value is -3.31. The normalized spacial score (nSPS) is 14.3. The average molecular weight is 522 g/mol. The van der Waals surface area contributed by atoms with Crippen LogP contribution in [0, 0.1) is 18.3 Å². The number of benzene rings is 2. The number of hydrogen-bond acceptors (Lipinski definition) is 6. The number of hydrogen-bond donors (Lipinski definition) is 0. The van der Waals surface area contributed by atoms with Crippen LogP contribution in [-0.4, -0.2) is 27.7 Å². The number of aryl methyl sites for hydroxylation is 1. The second-order valence-electron chi connectivity index (χ2n) is 9.06. The molecule has 2 aromatic heterocycles.